The number of fused-ring (bicyclic) bond motifs is 2. The standard InChI is InChI=1S/C26H21N3O4S/c30-12-10-16-5-7-17(8-6-16)21(15-29-25(32)19-3-1-2-4-20(19)26(29)33)24(31)28-23-13-18-9-11-27-14-22(18)34-23/h1-9,11,13-14,21,30H,10,12,15H2,(H,28,31). The largest absolute Gasteiger partial charge is 0.396 e. The monoisotopic (exact) mass is 471 g/mol. The predicted octanol–water partition coefficient (Wildman–Crippen LogP) is 3.85. The SMILES string of the molecule is O=C(Nc1cc2ccncc2s1)C(CN1C(=O)c2ccccc2C1=O)c1ccc(CCO)cc1. The molecule has 3 amide bonds. The van der Waals surface area contributed by atoms with Gasteiger partial charge in [-0.3, -0.25) is 24.3 Å². The minimum atomic E-state index is -0.770. The molecule has 0 bridgehead atoms. The quantitative estimate of drug-likeness (QED) is 0.399. The van der Waals surface area contributed by atoms with Gasteiger partial charge in [0.15, 0.2) is 0 Å². The van der Waals surface area contributed by atoms with Gasteiger partial charge < -0.3 is 10.4 Å². The highest BCUT2D eigenvalue weighted by atomic mass is 32.1. The molecule has 3 heterocycles. The van der Waals surface area contributed by atoms with Crippen LogP contribution in [0, 0.1) is 0 Å². The molecule has 34 heavy (non-hydrogen) atoms. The Morgan fingerprint density at radius 2 is 1.74 bits per heavy atom. The lowest BCUT2D eigenvalue weighted by molar-refractivity contribution is -0.117. The molecule has 2 aromatic heterocycles. The van der Waals surface area contributed by atoms with E-state index < -0.39 is 17.7 Å². The number of carbonyl (C=O) groups is 3. The van der Waals surface area contributed by atoms with Crippen LogP contribution in [0.3, 0.4) is 0 Å². The van der Waals surface area contributed by atoms with E-state index in [1.165, 1.54) is 11.3 Å². The Labute approximate surface area is 199 Å². The van der Waals surface area contributed by atoms with E-state index in [9.17, 15) is 19.5 Å². The zero-order valence-electron chi connectivity index (χ0n) is 18.1. The molecule has 170 valence electrons. The van der Waals surface area contributed by atoms with E-state index in [1.807, 2.05) is 36.4 Å². The summed E-state index contributed by atoms with van der Waals surface area (Å²) in [5.41, 5.74) is 2.31. The molecular weight excluding hydrogens is 450 g/mol. The van der Waals surface area contributed by atoms with Gasteiger partial charge in [-0.2, -0.15) is 0 Å². The maximum Gasteiger partial charge on any atom is 0.261 e. The normalized spacial score (nSPS) is 13.9. The van der Waals surface area contributed by atoms with Gasteiger partial charge in [-0.1, -0.05) is 36.4 Å². The van der Waals surface area contributed by atoms with Crippen molar-refractivity contribution in [2.45, 2.75) is 12.3 Å². The molecule has 0 fully saturated rings. The first-order chi connectivity index (χ1) is 16.5. The van der Waals surface area contributed by atoms with E-state index in [-0.39, 0.29) is 19.1 Å². The van der Waals surface area contributed by atoms with Gasteiger partial charge in [0, 0.05) is 25.5 Å². The Morgan fingerprint density at radius 1 is 1.03 bits per heavy atom. The molecule has 0 spiro atoms. The lowest BCUT2D eigenvalue weighted by atomic mass is 9.95. The molecule has 0 radical (unpaired) electrons. The van der Waals surface area contributed by atoms with E-state index in [1.54, 1.807) is 36.7 Å². The number of amides is 3. The van der Waals surface area contributed by atoms with E-state index in [4.69, 9.17) is 0 Å². The fraction of sp³-hybridized carbons (Fsp3) is 0.154. The second-order valence-electron chi connectivity index (χ2n) is 8.05. The number of hydrogen-bond donors (Lipinski definition) is 2. The van der Waals surface area contributed by atoms with Gasteiger partial charge in [0.05, 0.1) is 26.7 Å². The fourth-order valence-electron chi connectivity index (χ4n) is 4.13. The number of imide groups is 1. The number of thiophene rings is 1. The van der Waals surface area contributed by atoms with Crippen LogP contribution in [0.25, 0.3) is 10.1 Å². The van der Waals surface area contributed by atoms with Gasteiger partial charge in [-0.25, -0.2) is 0 Å². The van der Waals surface area contributed by atoms with Crippen molar-refractivity contribution in [1.29, 1.82) is 0 Å². The Hall–Kier alpha value is -3.88. The molecule has 2 N–H and O–H groups in total. The molecule has 1 atom stereocenters. The van der Waals surface area contributed by atoms with Gasteiger partial charge in [-0.05, 0) is 47.2 Å². The van der Waals surface area contributed by atoms with Crippen molar-refractivity contribution in [3.8, 4) is 0 Å². The summed E-state index contributed by atoms with van der Waals surface area (Å²) in [7, 11) is 0. The number of aliphatic hydroxyl groups is 1. The van der Waals surface area contributed by atoms with Crippen LogP contribution in [0.4, 0.5) is 5.00 Å². The second-order valence-corrected chi connectivity index (χ2v) is 9.13. The molecule has 8 heteroatoms. The molecule has 0 saturated heterocycles. The lowest BCUT2D eigenvalue weighted by Crippen LogP contribution is -2.38. The van der Waals surface area contributed by atoms with Crippen LogP contribution in [-0.4, -0.2) is 45.9 Å². The maximum atomic E-state index is 13.5. The summed E-state index contributed by atoms with van der Waals surface area (Å²) < 4.78 is 0.947. The summed E-state index contributed by atoms with van der Waals surface area (Å²) in [5.74, 6) is -1.88. The smallest absolute Gasteiger partial charge is 0.261 e. The van der Waals surface area contributed by atoms with Gasteiger partial charge in [0.25, 0.3) is 11.8 Å². The zero-order valence-corrected chi connectivity index (χ0v) is 18.9. The molecule has 1 aliphatic rings. The molecular formula is C26H21N3O4S. The van der Waals surface area contributed by atoms with E-state index in [0.717, 1.165) is 20.5 Å². The van der Waals surface area contributed by atoms with E-state index in [2.05, 4.69) is 10.3 Å². The van der Waals surface area contributed by atoms with Crippen LogP contribution in [-0.2, 0) is 11.2 Å². The van der Waals surface area contributed by atoms with Crippen LogP contribution in [0.15, 0.2) is 73.1 Å². The van der Waals surface area contributed by atoms with Crippen molar-refractivity contribution in [3.63, 3.8) is 0 Å². The number of anilines is 1. The van der Waals surface area contributed by atoms with Gasteiger partial charge in [-0.15, -0.1) is 11.3 Å². The Kier molecular flexibility index (Phi) is 5.91. The molecule has 2 aromatic carbocycles. The number of hydrogen-bond acceptors (Lipinski definition) is 6. The summed E-state index contributed by atoms with van der Waals surface area (Å²) >= 11 is 1.41. The average molecular weight is 472 g/mol. The minimum absolute atomic E-state index is 0.0269. The van der Waals surface area contributed by atoms with Crippen molar-refractivity contribution in [1.82, 2.24) is 9.88 Å². The number of nitrogens with zero attached hydrogens (tertiary/aromatic N) is 2. The Balaban J connectivity index is 1.45. The Bertz CT molecular complexity index is 1330. The van der Waals surface area contributed by atoms with Gasteiger partial charge in [0.2, 0.25) is 5.91 Å². The molecule has 1 unspecified atom stereocenters. The topological polar surface area (TPSA) is 99.6 Å². The number of rotatable bonds is 7. The third-order valence-electron chi connectivity index (χ3n) is 5.91. The van der Waals surface area contributed by atoms with Crippen LogP contribution < -0.4 is 5.32 Å². The third-order valence-corrected chi connectivity index (χ3v) is 6.91. The summed E-state index contributed by atoms with van der Waals surface area (Å²) in [4.78, 5) is 44.6. The van der Waals surface area contributed by atoms with Gasteiger partial charge in [0.1, 0.15) is 0 Å². The lowest BCUT2D eigenvalue weighted by Gasteiger charge is -2.22. The third kappa shape index (κ3) is 4.09. The summed E-state index contributed by atoms with van der Waals surface area (Å²) in [5, 5.41) is 13.8. The minimum Gasteiger partial charge on any atom is -0.396 e. The number of aromatic nitrogens is 1. The van der Waals surface area contributed by atoms with Crippen molar-refractivity contribution >= 4 is 44.1 Å². The van der Waals surface area contributed by atoms with Crippen molar-refractivity contribution in [3.05, 3.63) is 95.3 Å². The number of carbonyl (C=O) groups excluding carboxylic acids is 3. The highest BCUT2D eigenvalue weighted by molar-refractivity contribution is 7.22. The van der Waals surface area contributed by atoms with Crippen LogP contribution in [0.1, 0.15) is 37.8 Å². The summed E-state index contributed by atoms with van der Waals surface area (Å²) in [6.45, 7) is -0.0525. The van der Waals surface area contributed by atoms with Crippen LogP contribution >= 0.6 is 11.3 Å². The highest BCUT2D eigenvalue weighted by Gasteiger charge is 2.38. The van der Waals surface area contributed by atoms with Crippen molar-refractivity contribution < 1.29 is 19.5 Å². The number of aliphatic hydroxyl groups excluding tert-OH is 1. The first-order valence-electron chi connectivity index (χ1n) is 10.8. The molecule has 7 nitrogen and oxygen atoms in total. The number of pyridine rings is 1. The highest BCUT2D eigenvalue weighted by Crippen LogP contribution is 2.31. The summed E-state index contributed by atoms with van der Waals surface area (Å²) in [6.07, 6.45) is 3.94. The van der Waals surface area contributed by atoms with Gasteiger partial charge >= 0.3 is 0 Å². The predicted molar refractivity (Wildman–Crippen MR) is 130 cm³/mol. The number of benzene rings is 2. The van der Waals surface area contributed by atoms with Crippen LogP contribution in [0.5, 0.6) is 0 Å². The molecule has 5 rings (SSSR count). The molecule has 0 aliphatic carbocycles. The fourth-order valence-corrected chi connectivity index (χ4v) is 5.06. The van der Waals surface area contributed by atoms with E-state index >= 15 is 0 Å². The first-order valence-corrected chi connectivity index (χ1v) is 11.7. The average Bonchev–Trinajstić information content (AvgIpc) is 3.36. The zero-order chi connectivity index (χ0) is 23.7. The van der Waals surface area contributed by atoms with Crippen LogP contribution in [0.2, 0.25) is 0 Å². The Morgan fingerprint density at radius 3 is 2.38 bits per heavy atom. The molecule has 4 aromatic rings. The van der Waals surface area contributed by atoms with Crippen molar-refractivity contribution in [2.75, 3.05) is 18.5 Å². The molecule has 0 saturated carbocycles. The molecule has 1 aliphatic heterocycles. The van der Waals surface area contributed by atoms with Crippen molar-refractivity contribution in [2.24, 2.45) is 0 Å². The first kappa shape index (κ1) is 21.9. The maximum absolute atomic E-state index is 13.5. The summed E-state index contributed by atoms with van der Waals surface area (Å²) in [6, 6.07) is 17.7. The second kappa shape index (κ2) is 9.17. The number of nitrogens with one attached hydrogen (secondary N) is 1. The van der Waals surface area contributed by atoms with E-state index in [0.29, 0.717) is 28.1 Å².